The van der Waals surface area contributed by atoms with Crippen molar-refractivity contribution in [1.29, 1.82) is 0 Å². The van der Waals surface area contributed by atoms with E-state index in [1.807, 2.05) is 13.8 Å². The molecule has 0 amide bonds. The molecule has 0 rings (SSSR count). The fraction of sp³-hybridized carbons (Fsp3) is 0.889. The lowest BCUT2D eigenvalue weighted by Gasteiger charge is -2.06. The summed E-state index contributed by atoms with van der Waals surface area (Å²) in [5.74, 6) is -0.267. The Morgan fingerprint density at radius 2 is 2.08 bits per heavy atom. The van der Waals surface area contributed by atoms with Gasteiger partial charge in [-0.15, -0.1) is 0 Å². The van der Waals surface area contributed by atoms with Crippen LogP contribution in [-0.2, 0) is 14.3 Å². The Balaban J connectivity index is 3.22. The van der Waals surface area contributed by atoms with Gasteiger partial charge in [-0.1, -0.05) is 13.3 Å². The molecule has 0 bridgehead atoms. The molecule has 3 heteroatoms. The third-order valence-corrected chi connectivity index (χ3v) is 1.30. The predicted octanol–water partition coefficient (Wildman–Crippen LogP) is 1.75. The molecule has 0 heterocycles. The highest BCUT2D eigenvalue weighted by Gasteiger charge is 2.03. The minimum Gasteiger partial charge on any atom is -0.464 e. The maximum Gasteiger partial charge on any atom is 0.332 e. The molecule has 0 aliphatic carbocycles. The molecule has 0 unspecified atom stereocenters. The molecule has 0 radical (unpaired) electrons. The SMILES string of the molecule is CCCCOC(=O)COC(C)C. The Morgan fingerprint density at radius 3 is 2.58 bits per heavy atom. The van der Waals surface area contributed by atoms with Crippen LogP contribution in [0.2, 0.25) is 0 Å². The van der Waals surface area contributed by atoms with Crippen LogP contribution in [0.4, 0.5) is 0 Å². The summed E-state index contributed by atoms with van der Waals surface area (Å²) in [5, 5.41) is 0. The lowest BCUT2D eigenvalue weighted by molar-refractivity contribution is -0.150. The molecule has 0 aromatic heterocycles. The second-order valence-electron chi connectivity index (χ2n) is 2.93. The van der Waals surface area contributed by atoms with Gasteiger partial charge in [-0.3, -0.25) is 0 Å². The van der Waals surface area contributed by atoms with Gasteiger partial charge in [0.15, 0.2) is 0 Å². The molecule has 0 aliphatic rings. The molecular weight excluding hydrogens is 156 g/mol. The van der Waals surface area contributed by atoms with Crippen LogP contribution in [0, 0.1) is 0 Å². The Kier molecular flexibility index (Phi) is 6.76. The van der Waals surface area contributed by atoms with E-state index in [1.54, 1.807) is 0 Å². The van der Waals surface area contributed by atoms with E-state index >= 15 is 0 Å². The third kappa shape index (κ3) is 7.54. The zero-order valence-electron chi connectivity index (χ0n) is 8.13. The number of esters is 1. The minimum atomic E-state index is -0.267. The maximum absolute atomic E-state index is 10.9. The number of ether oxygens (including phenoxy) is 2. The van der Waals surface area contributed by atoms with Gasteiger partial charge >= 0.3 is 5.97 Å². The van der Waals surface area contributed by atoms with Crippen molar-refractivity contribution in [2.24, 2.45) is 0 Å². The summed E-state index contributed by atoms with van der Waals surface area (Å²) in [6, 6.07) is 0. The van der Waals surface area contributed by atoms with Gasteiger partial charge in [-0.25, -0.2) is 4.79 Å². The minimum absolute atomic E-state index is 0.0708. The fourth-order valence-electron chi connectivity index (χ4n) is 0.607. The number of unbranched alkanes of at least 4 members (excludes halogenated alkanes) is 1. The highest BCUT2D eigenvalue weighted by molar-refractivity contribution is 5.70. The Labute approximate surface area is 74.0 Å². The van der Waals surface area contributed by atoms with Gasteiger partial charge in [0.2, 0.25) is 0 Å². The molecule has 0 fully saturated rings. The van der Waals surface area contributed by atoms with Crippen molar-refractivity contribution in [1.82, 2.24) is 0 Å². The largest absolute Gasteiger partial charge is 0.464 e. The lowest BCUT2D eigenvalue weighted by Crippen LogP contribution is -2.16. The van der Waals surface area contributed by atoms with E-state index in [-0.39, 0.29) is 18.7 Å². The summed E-state index contributed by atoms with van der Waals surface area (Å²) in [6.45, 7) is 6.41. The monoisotopic (exact) mass is 174 g/mol. The van der Waals surface area contributed by atoms with Gasteiger partial charge in [0.25, 0.3) is 0 Å². The molecule has 0 saturated carbocycles. The molecular formula is C9H18O3. The number of hydrogen-bond donors (Lipinski definition) is 0. The third-order valence-electron chi connectivity index (χ3n) is 1.30. The molecule has 0 N–H and O–H groups in total. The molecule has 72 valence electrons. The molecule has 0 aliphatic heterocycles. The topological polar surface area (TPSA) is 35.5 Å². The van der Waals surface area contributed by atoms with Crippen molar-refractivity contribution in [2.75, 3.05) is 13.2 Å². The summed E-state index contributed by atoms with van der Waals surface area (Å²) < 4.78 is 9.93. The molecule has 0 saturated heterocycles. The highest BCUT2D eigenvalue weighted by atomic mass is 16.6. The normalized spacial score (nSPS) is 10.3. The first kappa shape index (κ1) is 11.4. The van der Waals surface area contributed by atoms with Crippen LogP contribution < -0.4 is 0 Å². The smallest absolute Gasteiger partial charge is 0.332 e. The first-order valence-electron chi connectivity index (χ1n) is 4.44. The van der Waals surface area contributed by atoms with Gasteiger partial charge in [0.1, 0.15) is 6.61 Å². The van der Waals surface area contributed by atoms with Crippen molar-refractivity contribution in [2.45, 2.75) is 39.7 Å². The van der Waals surface area contributed by atoms with Crippen LogP contribution in [0.15, 0.2) is 0 Å². The Morgan fingerprint density at radius 1 is 1.42 bits per heavy atom. The van der Waals surface area contributed by atoms with Gasteiger partial charge in [-0.2, -0.15) is 0 Å². The Hall–Kier alpha value is -0.570. The van der Waals surface area contributed by atoms with Gasteiger partial charge < -0.3 is 9.47 Å². The van der Waals surface area contributed by atoms with E-state index in [2.05, 4.69) is 6.92 Å². The molecule has 12 heavy (non-hydrogen) atoms. The zero-order valence-corrected chi connectivity index (χ0v) is 8.13. The van der Waals surface area contributed by atoms with E-state index in [9.17, 15) is 4.79 Å². The maximum atomic E-state index is 10.9. The predicted molar refractivity (Wildman–Crippen MR) is 47.0 cm³/mol. The highest BCUT2D eigenvalue weighted by Crippen LogP contribution is 1.91. The van der Waals surface area contributed by atoms with Crippen LogP contribution in [-0.4, -0.2) is 25.3 Å². The standard InChI is InChI=1S/C9H18O3/c1-4-5-6-11-9(10)7-12-8(2)3/h8H,4-7H2,1-3H3. The van der Waals surface area contributed by atoms with Crippen LogP contribution in [0.5, 0.6) is 0 Å². The Bertz CT molecular complexity index is 121. The summed E-state index contributed by atoms with van der Waals surface area (Å²) in [6.07, 6.45) is 2.05. The fourth-order valence-corrected chi connectivity index (χ4v) is 0.607. The van der Waals surface area contributed by atoms with Crippen molar-refractivity contribution in [3.8, 4) is 0 Å². The summed E-state index contributed by atoms with van der Waals surface area (Å²) in [7, 11) is 0. The number of hydrogen-bond acceptors (Lipinski definition) is 3. The molecule has 3 nitrogen and oxygen atoms in total. The van der Waals surface area contributed by atoms with E-state index in [4.69, 9.17) is 9.47 Å². The zero-order chi connectivity index (χ0) is 9.40. The number of carbonyl (C=O) groups is 1. The average molecular weight is 174 g/mol. The lowest BCUT2D eigenvalue weighted by atomic mass is 10.4. The van der Waals surface area contributed by atoms with Gasteiger partial charge in [-0.05, 0) is 20.3 Å². The van der Waals surface area contributed by atoms with Crippen LogP contribution in [0.3, 0.4) is 0 Å². The average Bonchev–Trinajstić information content (AvgIpc) is 2.01. The molecule has 0 atom stereocenters. The van der Waals surface area contributed by atoms with Crippen LogP contribution in [0.1, 0.15) is 33.6 Å². The van der Waals surface area contributed by atoms with Gasteiger partial charge in [0, 0.05) is 0 Å². The van der Waals surface area contributed by atoms with Crippen molar-refractivity contribution in [3.63, 3.8) is 0 Å². The molecule has 0 aromatic rings. The second-order valence-corrected chi connectivity index (χ2v) is 2.93. The second kappa shape index (κ2) is 7.10. The van der Waals surface area contributed by atoms with Crippen molar-refractivity contribution < 1.29 is 14.3 Å². The summed E-state index contributed by atoms with van der Waals surface area (Å²) >= 11 is 0. The number of rotatable bonds is 6. The van der Waals surface area contributed by atoms with Crippen LogP contribution in [0.25, 0.3) is 0 Å². The first-order valence-corrected chi connectivity index (χ1v) is 4.44. The van der Waals surface area contributed by atoms with Crippen LogP contribution >= 0.6 is 0 Å². The van der Waals surface area contributed by atoms with E-state index in [0.717, 1.165) is 12.8 Å². The number of carbonyl (C=O) groups excluding carboxylic acids is 1. The molecule has 0 spiro atoms. The summed E-state index contributed by atoms with van der Waals surface area (Å²) in [5.41, 5.74) is 0. The van der Waals surface area contributed by atoms with Gasteiger partial charge in [0.05, 0.1) is 12.7 Å². The van der Waals surface area contributed by atoms with E-state index < -0.39 is 0 Å². The van der Waals surface area contributed by atoms with Crippen molar-refractivity contribution in [3.05, 3.63) is 0 Å². The van der Waals surface area contributed by atoms with Crippen molar-refractivity contribution >= 4 is 5.97 Å². The first-order chi connectivity index (χ1) is 5.66. The van der Waals surface area contributed by atoms with E-state index in [0.29, 0.717) is 6.61 Å². The molecule has 0 aromatic carbocycles. The quantitative estimate of drug-likeness (QED) is 0.454. The van der Waals surface area contributed by atoms with E-state index in [1.165, 1.54) is 0 Å². The summed E-state index contributed by atoms with van der Waals surface area (Å²) in [4.78, 5) is 10.9.